The molecule has 1 heterocycles. The number of nitrogens with one attached hydrogen (secondary N) is 2. The second-order valence-electron chi connectivity index (χ2n) is 5.56. The highest BCUT2D eigenvalue weighted by Gasteiger charge is 2.29. The Kier molecular flexibility index (Phi) is 3.80. The van der Waals surface area contributed by atoms with Crippen molar-refractivity contribution in [3.05, 3.63) is 21.9 Å². The van der Waals surface area contributed by atoms with Crippen LogP contribution in [-0.4, -0.2) is 17.6 Å². The molecule has 1 fully saturated rings. The Morgan fingerprint density at radius 2 is 2.00 bits per heavy atom. The van der Waals surface area contributed by atoms with Crippen molar-refractivity contribution >= 4 is 23.3 Å². The third kappa shape index (κ3) is 3.96. The van der Waals surface area contributed by atoms with Gasteiger partial charge >= 0.3 is 6.09 Å². The summed E-state index contributed by atoms with van der Waals surface area (Å²) in [5.41, 5.74) is 5.13. The molecule has 6 heteroatoms. The maximum Gasteiger partial charge on any atom is 0.426 e. The van der Waals surface area contributed by atoms with Crippen molar-refractivity contribution in [1.29, 1.82) is 0 Å². The Morgan fingerprint density at radius 1 is 1.32 bits per heavy atom. The number of carbonyl (C=O) groups excluding carboxylic acids is 2. The van der Waals surface area contributed by atoms with E-state index in [-0.39, 0.29) is 5.91 Å². The lowest BCUT2D eigenvalue weighted by molar-refractivity contribution is 0.0483. The first-order valence-electron chi connectivity index (χ1n) is 6.23. The number of ether oxygens (including phenoxy) is 1. The number of amides is 2. The van der Waals surface area contributed by atoms with Gasteiger partial charge in [0.05, 0.1) is 4.88 Å². The molecule has 5 nitrogen and oxygen atoms in total. The molecule has 1 aliphatic carbocycles. The fourth-order valence-electron chi connectivity index (χ4n) is 1.69. The van der Waals surface area contributed by atoms with E-state index >= 15 is 0 Å². The molecule has 1 aliphatic rings. The smallest absolute Gasteiger partial charge is 0.426 e. The highest BCUT2D eigenvalue weighted by molar-refractivity contribution is 7.12. The number of hydrogen-bond donors (Lipinski definition) is 2. The van der Waals surface area contributed by atoms with Crippen LogP contribution in [-0.2, 0) is 4.74 Å². The van der Waals surface area contributed by atoms with Crippen LogP contribution in [0.3, 0.4) is 0 Å². The van der Waals surface area contributed by atoms with E-state index in [9.17, 15) is 9.59 Å². The van der Waals surface area contributed by atoms with Crippen LogP contribution >= 0.6 is 11.3 Å². The monoisotopic (exact) mass is 282 g/mol. The van der Waals surface area contributed by atoms with E-state index in [2.05, 4.69) is 10.9 Å². The van der Waals surface area contributed by atoms with Gasteiger partial charge in [0.15, 0.2) is 0 Å². The van der Waals surface area contributed by atoms with Crippen LogP contribution < -0.4 is 10.9 Å². The minimum Gasteiger partial charge on any atom is -0.443 e. The minimum atomic E-state index is -0.662. The van der Waals surface area contributed by atoms with Crippen LogP contribution in [0.25, 0.3) is 0 Å². The second kappa shape index (κ2) is 5.21. The summed E-state index contributed by atoms with van der Waals surface area (Å²) in [6.45, 7) is 5.29. The van der Waals surface area contributed by atoms with Crippen molar-refractivity contribution in [1.82, 2.24) is 10.9 Å². The van der Waals surface area contributed by atoms with Crippen LogP contribution in [0, 0.1) is 0 Å². The van der Waals surface area contributed by atoms with Crippen LogP contribution in [0.2, 0.25) is 0 Å². The zero-order valence-electron chi connectivity index (χ0n) is 11.3. The summed E-state index contributed by atoms with van der Waals surface area (Å²) in [4.78, 5) is 24.0. The Morgan fingerprint density at radius 3 is 2.58 bits per heavy atom. The Bertz CT molecular complexity index is 486. The molecular weight excluding hydrogens is 264 g/mol. The molecule has 1 aromatic rings. The summed E-state index contributed by atoms with van der Waals surface area (Å²) in [6.07, 6.45) is 1.61. The van der Waals surface area contributed by atoms with Gasteiger partial charge in [0.1, 0.15) is 5.60 Å². The number of rotatable bonds is 2. The topological polar surface area (TPSA) is 67.4 Å². The average Bonchev–Trinajstić information content (AvgIpc) is 3.01. The number of carbonyl (C=O) groups is 2. The van der Waals surface area contributed by atoms with Crippen LogP contribution in [0.15, 0.2) is 11.4 Å². The molecule has 0 bridgehead atoms. The maximum absolute atomic E-state index is 12.0. The first-order chi connectivity index (χ1) is 8.87. The molecule has 0 spiro atoms. The normalized spacial score (nSPS) is 14.9. The van der Waals surface area contributed by atoms with Crippen molar-refractivity contribution in [3.8, 4) is 0 Å². The first-order valence-corrected chi connectivity index (χ1v) is 7.11. The van der Waals surface area contributed by atoms with Crippen molar-refractivity contribution < 1.29 is 14.3 Å². The lowest BCUT2D eigenvalue weighted by Crippen LogP contribution is -2.44. The van der Waals surface area contributed by atoms with E-state index in [1.54, 1.807) is 20.8 Å². The summed E-state index contributed by atoms with van der Waals surface area (Å²) >= 11 is 1.39. The van der Waals surface area contributed by atoms with Gasteiger partial charge in [-0.2, -0.15) is 0 Å². The van der Waals surface area contributed by atoms with Gasteiger partial charge in [-0.25, -0.2) is 10.2 Å². The highest BCUT2D eigenvalue weighted by atomic mass is 32.1. The van der Waals surface area contributed by atoms with Crippen molar-refractivity contribution in [2.75, 3.05) is 0 Å². The van der Waals surface area contributed by atoms with Crippen molar-refractivity contribution in [2.24, 2.45) is 0 Å². The van der Waals surface area contributed by atoms with E-state index in [0.29, 0.717) is 10.8 Å². The van der Waals surface area contributed by atoms with Crippen LogP contribution in [0.1, 0.15) is 54.8 Å². The van der Waals surface area contributed by atoms with Gasteiger partial charge in [0.25, 0.3) is 5.91 Å². The predicted molar refractivity (Wildman–Crippen MR) is 73.1 cm³/mol. The SMILES string of the molecule is CC(C)(C)OC(=O)NNC(=O)c1sccc1C1CC1. The molecule has 2 N–H and O–H groups in total. The Balaban J connectivity index is 1.87. The second-order valence-corrected chi connectivity index (χ2v) is 6.48. The standard InChI is InChI=1S/C13H18N2O3S/c1-13(2,3)18-12(17)15-14-11(16)10-9(6-7-19-10)8-4-5-8/h6-8H,4-5H2,1-3H3,(H,14,16)(H,15,17). The van der Waals surface area contributed by atoms with E-state index in [0.717, 1.165) is 18.4 Å². The predicted octanol–water partition coefficient (Wildman–Crippen LogP) is 2.80. The largest absolute Gasteiger partial charge is 0.443 e. The Labute approximate surface area is 116 Å². The van der Waals surface area contributed by atoms with Gasteiger partial charge in [0, 0.05) is 0 Å². The zero-order chi connectivity index (χ0) is 14.0. The van der Waals surface area contributed by atoms with Crippen LogP contribution in [0.5, 0.6) is 0 Å². The molecule has 19 heavy (non-hydrogen) atoms. The summed E-state index contributed by atoms with van der Waals surface area (Å²) in [6, 6.07) is 1.98. The van der Waals surface area contributed by atoms with E-state index in [1.807, 2.05) is 11.4 Å². The lowest BCUT2D eigenvalue weighted by Gasteiger charge is -2.19. The molecule has 2 rings (SSSR count). The maximum atomic E-state index is 12.0. The molecule has 0 aromatic carbocycles. The fourth-order valence-corrected chi connectivity index (χ4v) is 2.57. The summed E-state index contributed by atoms with van der Waals surface area (Å²) in [5.74, 6) is 0.219. The first kappa shape index (κ1) is 13.9. The molecular formula is C13H18N2O3S. The van der Waals surface area contributed by atoms with Gasteiger partial charge in [0.2, 0.25) is 0 Å². The molecule has 0 atom stereocenters. The molecule has 1 saturated carbocycles. The molecule has 104 valence electrons. The number of hydrogen-bond acceptors (Lipinski definition) is 4. The fraction of sp³-hybridized carbons (Fsp3) is 0.538. The number of thiophene rings is 1. The minimum absolute atomic E-state index is 0.289. The Hall–Kier alpha value is -1.56. The van der Waals surface area contributed by atoms with Gasteiger partial charge in [-0.3, -0.25) is 10.2 Å². The van der Waals surface area contributed by atoms with Crippen molar-refractivity contribution in [3.63, 3.8) is 0 Å². The molecule has 1 aromatic heterocycles. The average molecular weight is 282 g/mol. The molecule has 0 aliphatic heterocycles. The summed E-state index contributed by atoms with van der Waals surface area (Å²) in [7, 11) is 0. The third-order valence-electron chi connectivity index (χ3n) is 2.60. The molecule has 2 amide bonds. The molecule has 0 saturated heterocycles. The third-order valence-corrected chi connectivity index (χ3v) is 3.53. The van der Waals surface area contributed by atoms with Gasteiger partial charge in [-0.15, -0.1) is 11.3 Å². The van der Waals surface area contributed by atoms with E-state index < -0.39 is 11.7 Å². The van der Waals surface area contributed by atoms with Crippen LogP contribution in [0.4, 0.5) is 4.79 Å². The summed E-state index contributed by atoms with van der Waals surface area (Å²) in [5, 5.41) is 1.90. The summed E-state index contributed by atoms with van der Waals surface area (Å²) < 4.78 is 5.03. The van der Waals surface area contributed by atoms with E-state index in [4.69, 9.17) is 4.74 Å². The van der Waals surface area contributed by atoms with Gasteiger partial charge in [-0.05, 0) is 56.5 Å². The van der Waals surface area contributed by atoms with Gasteiger partial charge < -0.3 is 4.74 Å². The lowest BCUT2D eigenvalue weighted by atomic mass is 10.1. The zero-order valence-corrected chi connectivity index (χ0v) is 12.1. The molecule has 0 unspecified atom stereocenters. The highest BCUT2D eigenvalue weighted by Crippen LogP contribution is 2.43. The van der Waals surface area contributed by atoms with Gasteiger partial charge in [-0.1, -0.05) is 0 Å². The molecule has 0 radical (unpaired) electrons. The van der Waals surface area contributed by atoms with E-state index in [1.165, 1.54) is 11.3 Å². The van der Waals surface area contributed by atoms with Crippen molar-refractivity contribution in [2.45, 2.75) is 45.1 Å². The number of hydrazine groups is 1. The quantitative estimate of drug-likeness (QED) is 0.820.